The first-order valence-corrected chi connectivity index (χ1v) is 9.30. The second-order valence-electron chi connectivity index (χ2n) is 7.49. The molecule has 2 rings (SSSR count). The predicted octanol–water partition coefficient (Wildman–Crippen LogP) is 3.57. The van der Waals surface area contributed by atoms with E-state index in [1.165, 1.54) is 9.80 Å². The standard InChI is InChI=1S/C23H28N2O3/c1-15(17-7-11-19(12-8-17)22(27)24(3)4)21(26)16(2)18-9-13-20(14-10-18)23(28)25(5)6/h7-16H,1-6H3. The first kappa shape index (κ1) is 21.4. The lowest BCUT2D eigenvalue weighted by Gasteiger charge is -2.18. The maximum atomic E-state index is 12.9. The van der Waals surface area contributed by atoms with Crippen LogP contribution in [0.15, 0.2) is 48.5 Å². The van der Waals surface area contributed by atoms with E-state index in [4.69, 9.17) is 0 Å². The van der Waals surface area contributed by atoms with Gasteiger partial charge >= 0.3 is 0 Å². The highest BCUT2D eigenvalue weighted by atomic mass is 16.2. The molecule has 0 aliphatic heterocycles. The van der Waals surface area contributed by atoms with Gasteiger partial charge in [0.05, 0.1) is 0 Å². The molecule has 0 N–H and O–H groups in total. The van der Waals surface area contributed by atoms with Gasteiger partial charge in [-0.1, -0.05) is 38.1 Å². The van der Waals surface area contributed by atoms with Gasteiger partial charge in [-0.25, -0.2) is 0 Å². The fraction of sp³-hybridized carbons (Fsp3) is 0.348. The van der Waals surface area contributed by atoms with Gasteiger partial charge in [0.25, 0.3) is 11.8 Å². The summed E-state index contributed by atoms with van der Waals surface area (Å²) < 4.78 is 0. The van der Waals surface area contributed by atoms with E-state index in [2.05, 4.69) is 0 Å². The molecule has 2 amide bonds. The molecule has 0 saturated carbocycles. The summed E-state index contributed by atoms with van der Waals surface area (Å²) in [4.78, 5) is 40.0. The second-order valence-corrected chi connectivity index (χ2v) is 7.49. The molecule has 0 heterocycles. The lowest BCUT2D eigenvalue weighted by atomic mass is 9.85. The molecule has 2 atom stereocenters. The van der Waals surface area contributed by atoms with Crippen LogP contribution >= 0.6 is 0 Å². The van der Waals surface area contributed by atoms with Crippen LogP contribution in [-0.2, 0) is 4.79 Å². The molecule has 5 nitrogen and oxygen atoms in total. The minimum atomic E-state index is -0.290. The summed E-state index contributed by atoms with van der Waals surface area (Å²) in [5.41, 5.74) is 2.96. The zero-order valence-electron chi connectivity index (χ0n) is 17.4. The molecule has 0 fully saturated rings. The molecule has 0 bridgehead atoms. The maximum absolute atomic E-state index is 12.9. The molecule has 0 radical (unpaired) electrons. The van der Waals surface area contributed by atoms with Crippen LogP contribution in [0.3, 0.4) is 0 Å². The average Bonchev–Trinajstić information content (AvgIpc) is 2.71. The largest absolute Gasteiger partial charge is 0.345 e. The average molecular weight is 380 g/mol. The number of rotatable bonds is 6. The number of hydrogen-bond acceptors (Lipinski definition) is 3. The van der Waals surface area contributed by atoms with Gasteiger partial charge in [-0.2, -0.15) is 0 Å². The first-order chi connectivity index (χ1) is 13.1. The third-order valence-corrected chi connectivity index (χ3v) is 4.98. The quantitative estimate of drug-likeness (QED) is 0.770. The lowest BCUT2D eigenvalue weighted by Crippen LogP contribution is -2.22. The molecule has 0 aliphatic rings. The minimum absolute atomic E-state index is 0.0636. The van der Waals surface area contributed by atoms with Crippen LogP contribution in [0.1, 0.15) is 57.5 Å². The Bertz CT molecular complexity index is 781. The third-order valence-electron chi connectivity index (χ3n) is 4.98. The first-order valence-electron chi connectivity index (χ1n) is 9.30. The van der Waals surface area contributed by atoms with Crippen LogP contribution < -0.4 is 0 Å². The SMILES string of the molecule is CC(C(=O)C(C)c1ccc(C(=O)N(C)C)cc1)c1ccc(C(=O)N(C)C)cc1. The van der Waals surface area contributed by atoms with Crippen molar-refractivity contribution in [2.45, 2.75) is 25.7 Å². The van der Waals surface area contributed by atoms with E-state index >= 15 is 0 Å². The summed E-state index contributed by atoms with van der Waals surface area (Å²) in [5.74, 6) is -0.612. The fourth-order valence-electron chi connectivity index (χ4n) is 3.05. The summed E-state index contributed by atoms with van der Waals surface area (Å²) >= 11 is 0. The number of nitrogens with zero attached hydrogens (tertiary/aromatic N) is 2. The summed E-state index contributed by atoms with van der Waals surface area (Å²) in [6, 6.07) is 14.4. The van der Waals surface area contributed by atoms with E-state index in [-0.39, 0.29) is 29.4 Å². The monoisotopic (exact) mass is 380 g/mol. The van der Waals surface area contributed by atoms with E-state index in [9.17, 15) is 14.4 Å². The van der Waals surface area contributed by atoms with Gasteiger partial charge < -0.3 is 9.80 Å². The van der Waals surface area contributed by atoms with Crippen LogP contribution in [0.5, 0.6) is 0 Å². The van der Waals surface area contributed by atoms with Gasteiger partial charge in [0.15, 0.2) is 0 Å². The highest BCUT2D eigenvalue weighted by Crippen LogP contribution is 2.27. The topological polar surface area (TPSA) is 57.7 Å². The van der Waals surface area contributed by atoms with Gasteiger partial charge in [-0.15, -0.1) is 0 Å². The molecule has 28 heavy (non-hydrogen) atoms. The van der Waals surface area contributed by atoms with Crippen molar-refractivity contribution in [1.29, 1.82) is 0 Å². The van der Waals surface area contributed by atoms with Gasteiger partial charge in [-0.3, -0.25) is 14.4 Å². The molecule has 0 aliphatic carbocycles. The Morgan fingerprint density at radius 1 is 0.607 bits per heavy atom. The van der Waals surface area contributed by atoms with Crippen molar-refractivity contribution in [3.05, 3.63) is 70.8 Å². The molecule has 148 valence electrons. The van der Waals surface area contributed by atoms with Gasteiger partial charge in [0.1, 0.15) is 5.78 Å². The molecule has 0 aromatic heterocycles. The lowest BCUT2D eigenvalue weighted by molar-refractivity contribution is -0.121. The van der Waals surface area contributed by atoms with Crippen molar-refractivity contribution in [3.8, 4) is 0 Å². The predicted molar refractivity (Wildman–Crippen MR) is 111 cm³/mol. The minimum Gasteiger partial charge on any atom is -0.345 e. The molecule has 2 unspecified atom stereocenters. The van der Waals surface area contributed by atoms with Crippen molar-refractivity contribution in [3.63, 3.8) is 0 Å². The van der Waals surface area contributed by atoms with Crippen molar-refractivity contribution in [2.75, 3.05) is 28.2 Å². The Balaban J connectivity index is 2.14. The summed E-state index contributed by atoms with van der Waals surface area (Å²) in [7, 11) is 6.84. The zero-order chi connectivity index (χ0) is 21.0. The van der Waals surface area contributed by atoms with E-state index < -0.39 is 0 Å². The van der Waals surface area contributed by atoms with Crippen molar-refractivity contribution >= 4 is 17.6 Å². The molecule has 5 heteroatoms. The van der Waals surface area contributed by atoms with Crippen LogP contribution in [-0.4, -0.2) is 55.6 Å². The van der Waals surface area contributed by atoms with Crippen molar-refractivity contribution in [2.24, 2.45) is 0 Å². The summed E-state index contributed by atoms with van der Waals surface area (Å²) in [5, 5.41) is 0. The van der Waals surface area contributed by atoms with Gasteiger partial charge in [-0.05, 0) is 35.4 Å². The number of carbonyl (C=O) groups excluding carboxylic acids is 3. The highest BCUT2D eigenvalue weighted by Gasteiger charge is 2.23. The zero-order valence-corrected chi connectivity index (χ0v) is 17.4. The summed E-state index contributed by atoms with van der Waals surface area (Å²) in [6.07, 6.45) is 0. The Morgan fingerprint density at radius 2 is 0.893 bits per heavy atom. The molecule has 2 aromatic rings. The Labute approximate surface area is 167 Å². The second kappa shape index (κ2) is 8.83. The van der Waals surface area contributed by atoms with Crippen molar-refractivity contribution in [1.82, 2.24) is 9.80 Å². The van der Waals surface area contributed by atoms with E-state index in [0.29, 0.717) is 11.1 Å². The maximum Gasteiger partial charge on any atom is 0.253 e. The highest BCUT2D eigenvalue weighted by molar-refractivity contribution is 5.95. The Morgan fingerprint density at radius 3 is 1.14 bits per heavy atom. The molecular weight excluding hydrogens is 352 g/mol. The fourth-order valence-corrected chi connectivity index (χ4v) is 3.05. The number of benzene rings is 2. The number of ketones is 1. The van der Waals surface area contributed by atoms with E-state index in [1.807, 2.05) is 38.1 Å². The van der Waals surface area contributed by atoms with Crippen LogP contribution in [0, 0.1) is 0 Å². The Hall–Kier alpha value is -2.95. The van der Waals surface area contributed by atoms with Crippen molar-refractivity contribution < 1.29 is 14.4 Å². The van der Waals surface area contributed by atoms with Crippen LogP contribution in [0.4, 0.5) is 0 Å². The molecule has 0 spiro atoms. The third kappa shape index (κ3) is 4.66. The van der Waals surface area contributed by atoms with E-state index in [0.717, 1.165) is 11.1 Å². The van der Waals surface area contributed by atoms with E-state index in [1.54, 1.807) is 52.5 Å². The Kier molecular flexibility index (Phi) is 6.73. The number of hydrogen-bond donors (Lipinski definition) is 0. The molecule has 0 saturated heterocycles. The number of Topliss-reactive ketones (excluding diaryl/α,β-unsaturated/α-hetero) is 1. The molecular formula is C23H28N2O3. The van der Waals surface area contributed by atoms with Crippen LogP contribution in [0.2, 0.25) is 0 Å². The number of carbonyl (C=O) groups is 3. The van der Waals surface area contributed by atoms with Gasteiger partial charge in [0, 0.05) is 51.2 Å². The van der Waals surface area contributed by atoms with Gasteiger partial charge in [0.2, 0.25) is 0 Å². The normalized spacial score (nSPS) is 12.8. The molecule has 2 aromatic carbocycles. The van der Waals surface area contributed by atoms with Crippen LogP contribution in [0.25, 0.3) is 0 Å². The smallest absolute Gasteiger partial charge is 0.253 e. The number of amides is 2. The summed E-state index contributed by atoms with van der Waals surface area (Å²) in [6.45, 7) is 3.76.